The minimum atomic E-state index is -4.48. The molecule has 2 aromatic rings. The van der Waals surface area contributed by atoms with Gasteiger partial charge < -0.3 is 10.6 Å². The summed E-state index contributed by atoms with van der Waals surface area (Å²) in [5, 5.41) is 10.2. The van der Waals surface area contributed by atoms with Crippen molar-refractivity contribution in [1.82, 2.24) is 25.4 Å². The van der Waals surface area contributed by atoms with E-state index >= 15 is 0 Å². The van der Waals surface area contributed by atoms with Gasteiger partial charge in [0.1, 0.15) is 5.01 Å². The van der Waals surface area contributed by atoms with Crippen LogP contribution < -0.4 is 10.6 Å². The molecule has 0 aliphatic carbocycles. The van der Waals surface area contributed by atoms with Crippen LogP contribution in [0.25, 0.3) is 0 Å². The monoisotopic (exact) mass is 346 g/mol. The van der Waals surface area contributed by atoms with Crippen LogP contribution in [0.1, 0.15) is 21.1 Å². The summed E-state index contributed by atoms with van der Waals surface area (Å²) >= 11 is 1.55. The molecule has 0 spiro atoms. The molecule has 0 aliphatic rings. The molecule has 0 aliphatic heterocycles. The molecule has 10 heteroatoms. The summed E-state index contributed by atoms with van der Waals surface area (Å²) in [6, 6.07) is 0. The van der Waals surface area contributed by atoms with Gasteiger partial charge in [-0.3, -0.25) is 9.67 Å². The molecule has 0 amide bonds. The Labute approximate surface area is 135 Å². The second-order valence-electron chi connectivity index (χ2n) is 4.82. The minimum absolute atomic E-state index is 0.0285. The van der Waals surface area contributed by atoms with Crippen LogP contribution in [0, 0.1) is 6.92 Å². The Morgan fingerprint density at radius 2 is 2.04 bits per heavy atom. The standard InChI is InChI=1S/C13H17F3N6S/c1-8-4-18-10(23-8)6-20-12(17-2)19-5-9-7-22(3)21-11(9)13(14,15)16/h4,7H,5-6H2,1-3H3,(H2,17,19,20). The van der Waals surface area contributed by atoms with Gasteiger partial charge in [-0.25, -0.2) is 4.98 Å². The van der Waals surface area contributed by atoms with E-state index in [1.54, 1.807) is 24.6 Å². The number of aliphatic imine (C=N–C) groups is 1. The number of hydrogen-bond acceptors (Lipinski definition) is 4. The number of alkyl halides is 3. The van der Waals surface area contributed by atoms with Gasteiger partial charge in [-0.05, 0) is 6.92 Å². The molecule has 0 aromatic carbocycles. The van der Waals surface area contributed by atoms with Crippen molar-refractivity contribution in [2.75, 3.05) is 7.05 Å². The van der Waals surface area contributed by atoms with Gasteiger partial charge in [-0.1, -0.05) is 0 Å². The van der Waals surface area contributed by atoms with E-state index < -0.39 is 11.9 Å². The molecule has 0 saturated heterocycles. The Balaban J connectivity index is 1.96. The van der Waals surface area contributed by atoms with Crippen LogP contribution in [0.4, 0.5) is 13.2 Å². The highest BCUT2D eigenvalue weighted by Gasteiger charge is 2.36. The second kappa shape index (κ2) is 6.99. The van der Waals surface area contributed by atoms with E-state index in [1.807, 2.05) is 6.92 Å². The summed E-state index contributed by atoms with van der Waals surface area (Å²) in [6.07, 6.45) is -1.37. The molecular formula is C13H17F3N6S. The van der Waals surface area contributed by atoms with Crippen LogP contribution in [0.2, 0.25) is 0 Å². The van der Waals surface area contributed by atoms with Crippen molar-refractivity contribution in [3.8, 4) is 0 Å². The molecule has 0 unspecified atom stereocenters. The number of hydrogen-bond donors (Lipinski definition) is 2. The molecule has 0 fully saturated rings. The highest BCUT2D eigenvalue weighted by molar-refractivity contribution is 7.11. The third-order valence-corrected chi connectivity index (χ3v) is 3.83. The zero-order valence-electron chi connectivity index (χ0n) is 12.9. The fourth-order valence-corrected chi connectivity index (χ4v) is 2.67. The molecule has 126 valence electrons. The number of nitrogens with one attached hydrogen (secondary N) is 2. The second-order valence-corrected chi connectivity index (χ2v) is 6.14. The molecule has 2 N–H and O–H groups in total. The third kappa shape index (κ3) is 4.68. The fraction of sp³-hybridized carbons (Fsp3) is 0.462. The van der Waals surface area contributed by atoms with Gasteiger partial charge in [0.05, 0.1) is 6.54 Å². The van der Waals surface area contributed by atoms with Crippen molar-refractivity contribution >= 4 is 17.3 Å². The van der Waals surface area contributed by atoms with Crippen molar-refractivity contribution < 1.29 is 13.2 Å². The van der Waals surface area contributed by atoms with Crippen molar-refractivity contribution in [1.29, 1.82) is 0 Å². The number of aromatic nitrogens is 3. The number of nitrogens with zero attached hydrogens (tertiary/aromatic N) is 4. The van der Waals surface area contributed by atoms with E-state index in [0.717, 1.165) is 14.6 Å². The van der Waals surface area contributed by atoms with E-state index in [0.29, 0.717) is 12.5 Å². The lowest BCUT2D eigenvalue weighted by Crippen LogP contribution is -2.36. The third-order valence-electron chi connectivity index (χ3n) is 2.92. The van der Waals surface area contributed by atoms with E-state index in [1.165, 1.54) is 13.2 Å². The molecule has 2 aromatic heterocycles. The topological polar surface area (TPSA) is 67.1 Å². The van der Waals surface area contributed by atoms with Gasteiger partial charge in [0, 0.05) is 43.5 Å². The highest BCUT2D eigenvalue weighted by Crippen LogP contribution is 2.30. The van der Waals surface area contributed by atoms with Crippen molar-refractivity contribution in [2.24, 2.45) is 12.0 Å². The SMILES string of the molecule is CN=C(NCc1ncc(C)s1)NCc1cn(C)nc1C(F)(F)F. The molecule has 0 radical (unpaired) electrons. The maximum atomic E-state index is 12.9. The van der Waals surface area contributed by atoms with Gasteiger partial charge in [0.25, 0.3) is 0 Å². The largest absolute Gasteiger partial charge is 0.435 e. The first-order chi connectivity index (χ1) is 10.8. The van der Waals surface area contributed by atoms with Crippen LogP contribution in [-0.4, -0.2) is 27.8 Å². The molecule has 6 nitrogen and oxygen atoms in total. The molecule has 0 atom stereocenters. The van der Waals surface area contributed by atoms with Gasteiger partial charge in [-0.15, -0.1) is 11.3 Å². The average Bonchev–Trinajstić information content (AvgIpc) is 3.04. The van der Waals surface area contributed by atoms with Crippen LogP contribution in [0.15, 0.2) is 17.4 Å². The summed E-state index contributed by atoms with van der Waals surface area (Å²) in [5.41, 5.74) is -0.827. The molecular weight excluding hydrogens is 329 g/mol. The Morgan fingerprint density at radius 1 is 1.35 bits per heavy atom. The quantitative estimate of drug-likeness (QED) is 0.657. The predicted molar refractivity (Wildman–Crippen MR) is 82.1 cm³/mol. The fourth-order valence-electron chi connectivity index (χ4n) is 1.95. The summed E-state index contributed by atoms with van der Waals surface area (Å²) in [5.74, 6) is 0.398. The first-order valence-corrected chi connectivity index (χ1v) is 7.56. The maximum Gasteiger partial charge on any atom is 0.435 e. The summed E-state index contributed by atoms with van der Waals surface area (Å²) in [6.45, 7) is 2.38. The van der Waals surface area contributed by atoms with Gasteiger partial charge in [0.2, 0.25) is 0 Å². The number of rotatable bonds is 4. The Kier molecular flexibility index (Phi) is 5.24. The van der Waals surface area contributed by atoms with Crippen LogP contribution in [0.3, 0.4) is 0 Å². The lowest BCUT2D eigenvalue weighted by atomic mass is 10.2. The molecule has 2 heterocycles. The molecule has 0 saturated carbocycles. The van der Waals surface area contributed by atoms with Crippen molar-refractivity contribution in [2.45, 2.75) is 26.2 Å². The van der Waals surface area contributed by atoms with E-state index in [9.17, 15) is 13.2 Å². The van der Waals surface area contributed by atoms with E-state index in [2.05, 4.69) is 25.7 Å². The smallest absolute Gasteiger partial charge is 0.352 e. The number of aryl methyl sites for hydroxylation is 2. The van der Waals surface area contributed by atoms with Crippen LogP contribution in [0.5, 0.6) is 0 Å². The molecule has 2 rings (SSSR count). The molecule has 0 bridgehead atoms. The predicted octanol–water partition coefficient (Wildman–Crippen LogP) is 2.07. The summed E-state index contributed by atoms with van der Waals surface area (Å²) in [4.78, 5) is 9.28. The van der Waals surface area contributed by atoms with E-state index in [-0.39, 0.29) is 12.1 Å². The van der Waals surface area contributed by atoms with Gasteiger partial charge in [0.15, 0.2) is 11.7 Å². The number of guanidine groups is 1. The lowest BCUT2D eigenvalue weighted by molar-refractivity contribution is -0.142. The zero-order valence-corrected chi connectivity index (χ0v) is 13.7. The summed E-state index contributed by atoms with van der Waals surface area (Å²) < 4.78 is 39.8. The Bertz CT molecular complexity index is 688. The van der Waals surface area contributed by atoms with Gasteiger partial charge >= 0.3 is 6.18 Å². The van der Waals surface area contributed by atoms with Crippen molar-refractivity contribution in [3.05, 3.63) is 33.5 Å². The summed E-state index contributed by atoms with van der Waals surface area (Å²) in [7, 11) is 3.01. The van der Waals surface area contributed by atoms with Crippen molar-refractivity contribution in [3.63, 3.8) is 0 Å². The minimum Gasteiger partial charge on any atom is -0.352 e. The highest BCUT2D eigenvalue weighted by atomic mass is 32.1. The normalized spacial score (nSPS) is 12.5. The Morgan fingerprint density at radius 3 is 2.61 bits per heavy atom. The maximum absolute atomic E-state index is 12.9. The average molecular weight is 346 g/mol. The van der Waals surface area contributed by atoms with Crippen LogP contribution in [-0.2, 0) is 26.3 Å². The first kappa shape index (κ1) is 17.3. The van der Waals surface area contributed by atoms with E-state index in [4.69, 9.17) is 0 Å². The first-order valence-electron chi connectivity index (χ1n) is 6.75. The molecule has 23 heavy (non-hydrogen) atoms. The number of halogens is 3. The zero-order chi connectivity index (χ0) is 17.0. The number of thiazole rings is 1. The van der Waals surface area contributed by atoms with Crippen LogP contribution >= 0.6 is 11.3 Å². The lowest BCUT2D eigenvalue weighted by Gasteiger charge is -2.11. The Hall–Kier alpha value is -2.10. The van der Waals surface area contributed by atoms with Gasteiger partial charge in [-0.2, -0.15) is 18.3 Å².